The molecule has 3 aromatic carbocycles. The van der Waals surface area contributed by atoms with E-state index in [2.05, 4.69) is 9.80 Å². The highest BCUT2D eigenvalue weighted by Gasteiger charge is 2.42. The van der Waals surface area contributed by atoms with Crippen molar-refractivity contribution in [1.82, 2.24) is 4.90 Å². The molecule has 3 nitrogen and oxygen atoms in total. The van der Waals surface area contributed by atoms with Crippen LogP contribution in [-0.4, -0.2) is 35.7 Å². The number of piperidine rings is 1. The molecule has 2 heterocycles. The number of aliphatic hydroxyl groups excluding tert-OH is 1. The molecule has 1 fully saturated rings. The maximum absolute atomic E-state index is 14.1. The van der Waals surface area contributed by atoms with Gasteiger partial charge in [-0.15, -0.1) is 0 Å². The first-order valence-electron chi connectivity index (χ1n) is 11.4. The second kappa shape index (κ2) is 9.00. The summed E-state index contributed by atoms with van der Waals surface area (Å²) in [6.45, 7) is 2.73. The lowest BCUT2D eigenvalue weighted by molar-refractivity contribution is 0.145. The van der Waals surface area contributed by atoms with Gasteiger partial charge in [0.25, 0.3) is 0 Å². The second-order valence-corrected chi connectivity index (χ2v) is 8.88. The summed E-state index contributed by atoms with van der Waals surface area (Å²) in [7, 11) is 0. The fourth-order valence-electron chi connectivity index (χ4n) is 5.33. The molecule has 2 aliphatic heterocycles. The standard InChI is InChI=1S/C27H28F2N2O/c28-20-8-11-22(12-9-20)31-25-13-10-21(29)17-23(25)24-18-30(16-14-26(24)31)15-4-7-27(32)19-5-2-1-3-6-19/h1-3,5-6,8-13,17,24,26-27,32H,4,7,14-16,18H2/t24-,26+,27?/m0/s1. The molecule has 5 rings (SSSR count). The summed E-state index contributed by atoms with van der Waals surface area (Å²) in [5.41, 5.74) is 3.97. The summed E-state index contributed by atoms with van der Waals surface area (Å²) in [4.78, 5) is 4.69. The minimum absolute atomic E-state index is 0.207. The molecule has 1 N–H and O–H groups in total. The number of benzene rings is 3. The number of nitrogens with zero attached hydrogens (tertiary/aromatic N) is 2. The van der Waals surface area contributed by atoms with Crippen molar-refractivity contribution < 1.29 is 13.9 Å². The summed E-state index contributed by atoms with van der Waals surface area (Å²) in [5, 5.41) is 10.4. The maximum Gasteiger partial charge on any atom is 0.123 e. The van der Waals surface area contributed by atoms with Crippen LogP contribution in [0.5, 0.6) is 0 Å². The molecule has 32 heavy (non-hydrogen) atoms. The Morgan fingerprint density at radius 1 is 0.938 bits per heavy atom. The summed E-state index contributed by atoms with van der Waals surface area (Å²) in [6, 6.07) is 21.6. The van der Waals surface area contributed by atoms with Gasteiger partial charge in [0.1, 0.15) is 11.6 Å². The van der Waals surface area contributed by atoms with E-state index in [0.717, 1.165) is 61.4 Å². The van der Waals surface area contributed by atoms with Gasteiger partial charge >= 0.3 is 0 Å². The van der Waals surface area contributed by atoms with Gasteiger partial charge in [-0.25, -0.2) is 8.78 Å². The third kappa shape index (κ3) is 4.15. The minimum atomic E-state index is -0.441. The number of likely N-dealkylation sites (tertiary alicyclic amines) is 1. The minimum Gasteiger partial charge on any atom is -0.388 e. The van der Waals surface area contributed by atoms with Crippen molar-refractivity contribution in [2.24, 2.45) is 0 Å². The van der Waals surface area contributed by atoms with Gasteiger partial charge in [-0.3, -0.25) is 0 Å². The lowest BCUT2D eigenvalue weighted by atomic mass is 9.88. The molecule has 3 aromatic rings. The van der Waals surface area contributed by atoms with E-state index in [9.17, 15) is 13.9 Å². The number of aliphatic hydroxyl groups is 1. The Balaban J connectivity index is 1.29. The van der Waals surface area contributed by atoms with Gasteiger partial charge in [-0.05, 0) is 79.4 Å². The molecule has 0 saturated carbocycles. The molecule has 0 aliphatic carbocycles. The molecular weight excluding hydrogens is 406 g/mol. The molecule has 0 spiro atoms. The van der Waals surface area contributed by atoms with Gasteiger partial charge in [-0.1, -0.05) is 30.3 Å². The van der Waals surface area contributed by atoms with Crippen LogP contribution in [0.25, 0.3) is 0 Å². The van der Waals surface area contributed by atoms with Crippen LogP contribution >= 0.6 is 0 Å². The Hall–Kier alpha value is -2.76. The van der Waals surface area contributed by atoms with Crippen LogP contribution in [0.2, 0.25) is 0 Å². The third-order valence-corrected chi connectivity index (χ3v) is 6.88. The third-order valence-electron chi connectivity index (χ3n) is 6.88. The normalized spacial score (nSPS) is 21.3. The molecule has 0 aromatic heterocycles. The average Bonchev–Trinajstić information content (AvgIpc) is 3.13. The monoisotopic (exact) mass is 434 g/mol. The maximum atomic E-state index is 14.1. The van der Waals surface area contributed by atoms with Crippen LogP contribution < -0.4 is 4.90 Å². The average molecular weight is 435 g/mol. The summed E-state index contributed by atoms with van der Waals surface area (Å²) < 4.78 is 27.6. The van der Waals surface area contributed by atoms with Crippen molar-refractivity contribution in [3.05, 3.63) is 95.6 Å². The SMILES string of the molecule is OC(CCCN1CC[C@@H]2[C@@H](C1)c1cc(F)ccc1N2c1ccc(F)cc1)c1ccccc1. The first kappa shape index (κ1) is 21.1. The van der Waals surface area contributed by atoms with Crippen molar-refractivity contribution in [2.75, 3.05) is 24.5 Å². The van der Waals surface area contributed by atoms with E-state index >= 15 is 0 Å². The van der Waals surface area contributed by atoms with Crippen molar-refractivity contribution in [1.29, 1.82) is 0 Å². The van der Waals surface area contributed by atoms with E-state index in [-0.39, 0.29) is 23.6 Å². The summed E-state index contributed by atoms with van der Waals surface area (Å²) in [5.74, 6) is -0.263. The van der Waals surface area contributed by atoms with Crippen LogP contribution in [0.3, 0.4) is 0 Å². The van der Waals surface area contributed by atoms with Gasteiger partial charge in [0.15, 0.2) is 0 Å². The lowest BCUT2D eigenvalue weighted by Gasteiger charge is -2.39. The Labute approximate surface area is 187 Å². The topological polar surface area (TPSA) is 26.7 Å². The molecule has 2 aliphatic rings. The number of fused-ring (bicyclic) bond motifs is 3. The van der Waals surface area contributed by atoms with Gasteiger partial charge < -0.3 is 14.9 Å². The fraction of sp³-hybridized carbons (Fsp3) is 0.333. The number of rotatable bonds is 6. The first-order valence-corrected chi connectivity index (χ1v) is 11.4. The van der Waals surface area contributed by atoms with E-state index in [1.165, 1.54) is 18.2 Å². The molecule has 3 atom stereocenters. The van der Waals surface area contributed by atoms with Gasteiger partial charge in [0, 0.05) is 36.4 Å². The Morgan fingerprint density at radius 2 is 1.69 bits per heavy atom. The summed E-state index contributed by atoms with van der Waals surface area (Å²) >= 11 is 0. The van der Waals surface area contributed by atoms with Crippen LogP contribution in [0.4, 0.5) is 20.2 Å². The predicted octanol–water partition coefficient (Wildman–Crippen LogP) is 5.79. The quantitative estimate of drug-likeness (QED) is 0.532. The second-order valence-electron chi connectivity index (χ2n) is 8.88. The Bertz CT molecular complexity index is 1060. The molecule has 0 bridgehead atoms. The van der Waals surface area contributed by atoms with Crippen LogP contribution in [0, 0.1) is 11.6 Å². The smallest absolute Gasteiger partial charge is 0.123 e. The molecule has 0 radical (unpaired) electrons. The van der Waals surface area contributed by atoms with Crippen LogP contribution in [0.15, 0.2) is 72.8 Å². The molecular formula is C27H28F2N2O. The van der Waals surface area contributed by atoms with Crippen molar-refractivity contribution >= 4 is 11.4 Å². The van der Waals surface area contributed by atoms with Gasteiger partial charge in [0.05, 0.1) is 6.10 Å². The fourth-order valence-corrected chi connectivity index (χ4v) is 5.33. The molecule has 166 valence electrons. The molecule has 1 saturated heterocycles. The van der Waals surface area contributed by atoms with E-state index < -0.39 is 6.10 Å². The van der Waals surface area contributed by atoms with E-state index in [4.69, 9.17) is 0 Å². The van der Waals surface area contributed by atoms with Crippen LogP contribution in [0.1, 0.15) is 42.4 Å². The highest BCUT2D eigenvalue weighted by Crippen LogP contribution is 2.48. The van der Waals surface area contributed by atoms with Gasteiger partial charge in [0.2, 0.25) is 0 Å². The Morgan fingerprint density at radius 3 is 2.47 bits per heavy atom. The number of hydrogen-bond acceptors (Lipinski definition) is 3. The van der Waals surface area contributed by atoms with Crippen molar-refractivity contribution in [3.63, 3.8) is 0 Å². The van der Waals surface area contributed by atoms with Crippen LogP contribution in [-0.2, 0) is 0 Å². The lowest BCUT2D eigenvalue weighted by Crippen LogP contribution is -2.45. The zero-order valence-electron chi connectivity index (χ0n) is 18.0. The largest absolute Gasteiger partial charge is 0.388 e. The predicted molar refractivity (Wildman–Crippen MR) is 123 cm³/mol. The van der Waals surface area contributed by atoms with E-state index in [1.807, 2.05) is 48.5 Å². The van der Waals surface area contributed by atoms with E-state index in [1.54, 1.807) is 6.07 Å². The van der Waals surface area contributed by atoms with Crippen molar-refractivity contribution in [2.45, 2.75) is 37.3 Å². The molecule has 0 amide bonds. The highest BCUT2D eigenvalue weighted by molar-refractivity contribution is 5.73. The van der Waals surface area contributed by atoms with E-state index in [0.29, 0.717) is 0 Å². The summed E-state index contributed by atoms with van der Waals surface area (Å²) in [6.07, 6.45) is 2.15. The number of halogens is 2. The number of hydrogen-bond donors (Lipinski definition) is 1. The van der Waals surface area contributed by atoms with Crippen molar-refractivity contribution in [3.8, 4) is 0 Å². The zero-order chi connectivity index (χ0) is 22.1. The number of anilines is 2. The molecule has 1 unspecified atom stereocenters. The highest BCUT2D eigenvalue weighted by atomic mass is 19.1. The Kier molecular flexibility index (Phi) is 5.94. The zero-order valence-corrected chi connectivity index (χ0v) is 18.0. The molecule has 5 heteroatoms. The van der Waals surface area contributed by atoms with Gasteiger partial charge in [-0.2, -0.15) is 0 Å². The first-order chi connectivity index (χ1) is 15.6.